The van der Waals surface area contributed by atoms with E-state index in [1.165, 1.54) is 4.88 Å². The number of benzene rings is 1. The number of amides is 1. The number of hydrogen-bond donors (Lipinski definition) is 1. The van der Waals surface area contributed by atoms with Gasteiger partial charge in [0.1, 0.15) is 0 Å². The maximum Gasteiger partial charge on any atom is 0.251 e. The number of hydrogen-bond acceptors (Lipinski definition) is 4. The van der Waals surface area contributed by atoms with Gasteiger partial charge in [0.2, 0.25) is 0 Å². The van der Waals surface area contributed by atoms with Crippen molar-refractivity contribution in [1.29, 1.82) is 0 Å². The second-order valence-electron chi connectivity index (χ2n) is 7.06. The molecule has 2 aromatic rings. The fourth-order valence-electron chi connectivity index (χ4n) is 3.72. The van der Waals surface area contributed by atoms with Crippen LogP contribution in [0.1, 0.15) is 40.7 Å². The molecule has 26 heavy (non-hydrogen) atoms. The average molecular weight is 372 g/mol. The molecule has 1 aliphatic heterocycles. The molecule has 5 heteroatoms. The molecule has 1 saturated heterocycles. The molecule has 4 nitrogen and oxygen atoms in total. The Morgan fingerprint density at radius 3 is 2.58 bits per heavy atom. The number of likely N-dealkylation sites (N-methyl/N-ethyl adjacent to an activating group) is 1. The summed E-state index contributed by atoms with van der Waals surface area (Å²) in [7, 11) is 0. The van der Waals surface area contributed by atoms with Crippen LogP contribution in [0.4, 0.5) is 0 Å². The number of aryl methyl sites for hydroxylation is 1. The number of nitrogens with one attached hydrogen (secondary N) is 1. The molecule has 3 rings (SSSR count). The van der Waals surface area contributed by atoms with Crippen LogP contribution in [0.15, 0.2) is 41.8 Å². The Balaban J connectivity index is 1.73. The smallest absolute Gasteiger partial charge is 0.251 e. The van der Waals surface area contributed by atoms with Crippen molar-refractivity contribution >= 4 is 17.2 Å². The van der Waals surface area contributed by atoms with E-state index in [9.17, 15) is 4.79 Å². The lowest BCUT2D eigenvalue weighted by atomic mass is 10.0. The van der Waals surface area contributed by atoms with E-state index in [0.717, 1.165) is 43.9 Å². The fourth-order valence-corrected chi connectivity index (χ4v) is 4.68. The van der Waals surface area contributed by atoms with Gasteiger partial charge in [-0.3, -0.25) is 9.69 Å². The number of piperazine rings is 1. The molecule has 1 N–H and O–H groups in total. The summed E-state index contributed by atoms with van der Waals surface area (Å²) in [6.45, 7) is 11.7. The molecule has 0 spiro atoms. The molecular formula is C21H29N3OS. The molecule has 1 aliphatic rings. The van der Waals surface area contributed by atoms with Crippen LogP contribution in [0.5, 0.6) is 0 Å². The summed E-state index contributed by atoms with van der Waals surface area (Å²) in [5.41, 5.74) is 1.84. The van der Waals surface area contributed by atoms with Gasteiger partial charge in [-0.15, -0.1) is 11.3 Å². The lowest BCUT2D eigenvalue weighted by Gasteiger charge is -2.41. The second kappa shape index (κ2) is 8.80. The molecule has 0 saturated carbocycles. The third kappa shape index (κ3) is 4.53. The quantitative estimate of drug-likeness (QED) is 0.843. The SMILES string of the molecule is CCN1CCN([C@@H](c2cccs2)[C@H](C)NC(=O)c2cccc(C)c2)CC1. The van der Waals surface area contributed by atoms with E-state index in [4.69, 9.17) is 0 Å². The van der Waals surface area contributed by atoms with E-state index >= 15 is 0 Å². The van der Waals surface area contributed by atoms with Crippen LogP contribution in [0.3, 0.4) is 0 Å². The Hall–Kier alpha value is -1.69. The summed E-state index contributed by atoms with van der Waals surface area (Å²) in [6.07, 6.45) is 0. The minimum Gasteiger partial charge on any atom is -0.348 e. The topological polar surface area (TPSA) is 35.6 Å². The van der Waals surface area contributed by atoms with Gasteiger partial charge in [-0.25, -0.2) is 0 Å². The van der Waals surface area contributed by atoms with Crippen molar-refractivity contribution in [3.05, 3.63) is 57.8 Å². The highest BCUT2D eigenvalue weighted by Gasteiger charge is 2.30. The number of nitrogens with zero attached hydrogens (tertiary/aromatic N) is 2. The zero-order valence-electron chi connectivity index (χ0n) is 15.9. The number of rotatable bonds is 6. The summed E-state index contributed by atoms with van der Waals surface area (Å²) >= 11 is 1.78. The van der Waals surface area contributed by atoms with Crippen molar-refractivity contribution < 1.29 is 4.79 Å². The maximum atomic E-state index is 12.7. The zero-order valence-corrected chi connectivity index (χ0v) is 16.8. The van der Waals surface area contributed by atoms with E-state index < -0.39 is 0 Å². The molecule has 0 bridgehead atoms. The van der Waals surface area contributed by atoms with Gasteiger partial charge in [0.25, 0.3) is 5.91 Å². The van der Waals surface area contributed by atoms with Crippen molar-refractivity contribution in [3.8, 4) is 0 Å². The Bertz CT molecular complexity index is 708. The number of carbonyl (C=O) groups is 1. The molecule has 1 aromatic carbocycles. The highest BCUT2D eigenvalue weighted by molar-refractivity contribution is 7.10. The molecule has 140 valence electrons. The van der Waals surface area contributed by atoms with Crippen LogP contribution in [0.25, 0.3) is 0 Å². The van der Waals surface area contributed by atoms with E-state index in [-0.39, 0.29) is 18.0 Å². The van der Waals surface area contributed by atoms with Crippen LogP contribution in [-0.4, -0.2) is 54.5 Å². The molecule has 0 radical (unpaired) electrons. The largest absolute Gasteiger partial charge is 0.348 e. The monoisotopic (exact) mass is 371 g/mol. The summed E-state index contributed by atoms with van der Waals surface area (Å²) in [5, 5.41) is 5.37. The summed E-state index contributed by atoms with van der Waals surface area (Å²) < 4.78 is 0. The molecule has 2 heterocycles. The van der Waals surface area contributed by atoms with Gasteiger partial charge < -0.3 is 10.2 Å². The van der Waals surface area contributed by atoms with Crippen LogP contribution in [0, 0.1) is 6.92 Å². The van der Waals surface area contributed by atoms with Gasteiger partial charge in [-0.05, 0) is 44.0 Å². The molecule has 1 amide bonds. The third-order valence-electron chi connectivity index (χ3n) is 5.19. The maximum absolute atomic E-state index is 12.7. The predicted octanol–water partition coefficient (Wildman–Crippen LogP) is 3.55. The molecule has 0 aliphatic carbocycles. The van der Waals surface area contributed by atoms with Crippen molar-refractivity contribution in [3.63, 3.8) is 0 Å². The minimum atomic E-state index is 0.00921. The summed E-state index contributed by atoms with van der Waals surface area (Å²) in [6, 6.07) is 12.4. The van der Waals surface area contributed by atoms with Crippen LogP contribution < -0.4 is 5.32 Å². The average Bonchev–Trinajstić information content (AvgIpc) is 3.16. The molecule has 1 aromatic heterocycles. The Morgan fingerprint density at radius 2 is 1.96 bits per heavy atom. The molecular weight excluding hydrogens is 342 g/mol. The number of carbonyl (C=O) groups excluding carboxylic acids is 1. The highest BCUT2D eigenvalue weighted by Crippen LogP contribution is 2.29. The summed E-state index contributed by atoms with van der Waals surface area (Å²) in [4.78, 5) is 19.1. The van der Waals surface area contributed by atoms with Crippen LogP contribution >= 0.6 is 11.3 Å². The van der Waals surface area contributed by atoms with Gasteiger partial charge in [-0.2, -0.15) is 0 Å². The zero-order chi connectivity index (χ0) is 18.5. The Morgan fingerprint density at radius 1 is 1.19 bits per heavy atom. The first kappa shape index (κ1) is 19.1. The van der Waals surface area contributed by atoms with Gasteiger partial charge >= 0.3 is 0 Å². The normalized spacial score (nSPS) is 18.4. The lowest BCUT2D eigenvalue weighted by molar-refractivity contribution is 0.0753. The molecule has 1 fully saturated rings. The standard InChI is InChI=1S/C21H29N3OS/c1-4-23-10-12-24(13-11-23)20(19-9-6-14-26-19)17(3)22-21(25)18-8-5-7-16(2)15-18/h5-9,14-15,17,20H,4,10-13H2,1-3H3,(H,22,25)/t17-,20+/m0/s1. The van der Waals surface area contributed by atoms with Gasteiger partial charge in [0.15, 0.2) is 0 Å². The van der Waals surface area contributed by atoms with Crippen molar-refractivity contribution in [2.45, 2.75) is 32.9 Å². The van der Waals surface area contributed by atoms with Crippen LogP contribution in [-0.2, 0) is 0 Å². The fraction of sp³-hybridized carbons (Fsp3) is 0.476. The van der Waals surface area contributed by atoms with Gasteiger partial charge in [0, 0.05) is 42.7 Å². The van der Waals surface area contributed by atoms with Crippen LogP contribution in [0.2, 0.25) is 0 Å². The third-order valence-corrected chi connectivity index (χ3v) is 6.14. The first-order chi connectivity index (χ1) is 12.6. The Kier molecular flexibility index (Phi) is 6.46. The second-order valence-corrected chi connectivity index (χ2v) is 8.04. The highest BCUT2D eigenvalue weighted by atomic mass is 32.1. The lowest BCUT2D eigenvalue weighted by Crippen LogP contribution is -2.52. The van der Waals surface area contributed by atoms with Crippen molar-refractivity contribution in [2.24, 2.45) is 0 Å². The van der Waals surface area contributed by atoms with Gasteiger partial charge in [0.05, 0.1) is 6.04 Å². The van der Waals surface area contributed by atoms with E-state index in [0.29, 0.717) is 0 Å². The predicted molar refractivity (Wildman–Crippen MR) is 109 cm³/mol. The van der Waals surface area contributed by atoms with E-state index in [2.05, 4.69) is 46.5 Å². The minimum absolute atomic E-state index is 0.00921. The molecule has 0 unspecified atom stereocenters. The van der Waals surface area contributed by atoms with Crippen molar-refractivity contribution in [1.82, 2.24) is 15.1 Å². The Labute approximate surface area is 160 Å². The number of thiophene rings is 1. The first-order valence-corrected chi connectivity index (χ1v) is 10.3. The van der Waals surface area contributed by atoms with Crippen molar-refractivity contribution in [2.75, 3.05) is 32.7 Å². The van der Waals surface area contributed by atoms with E-state index in [1.54, 1.807) is 11.3 Å². The van der Waals surface area contributed by atoms with Gasteiger partial charge in [-0.1, -0.05) is 30.7 Å². The first-order valence-electron chi connectivity index (χ1n) is 9.46. The molecule has 2 atom stereocenters. The van der Waals surface area contributed by atoms with E-state index in [1.807, 2.05) is 31.2 Å². The summed E-state index contributed by atoms with van der Waals surface area (Å²) in [5.74, 6) is 0.00921.